The van der Waals surface area contributed by atoms with Crippen molar-refractivity contribution >= 4 is 21.4 Å². The fourth-order valence-electron chi connectivity index (χ4n) is 2.02. The van der Waals surface area contributed by atoms with Crippen molar-refractivity contribution in [1.29, 1.82) is 0 Å². The molecule has 0 aromatic heterocycles. The van der Waals surface area contributed by atoms with E-state index in [-0.39, 0.29) is 0 Å². The van der Waals surface area contributed by atoms with Crippen molar-refractivity contribution < 1.29 is 13.3 Å². The predicted molar refractivity (Wildman–Crippen MR) is 88.4 cm³/mol. The van der Waals surface area contributed by atoms with Crippen LogP contribution in [0.1, 0.15) is 25.8 Å². The van der Waals surface area contributed by atoms with Crippen LogP contribution in [0.3, 0.4) is 0 Å². The quantitative estimate of drug-likeness (QED) is 0.384. The number of hydrogen-bond acceptors (Lipinski definition) is 4. The molecule has 0 spiro atoms. The van der Waals surface area contributed by atoms with Crippen LogP contribution < -0.4 is 0 Å². The van der Waals surface area contributed by atoms with Gasteiger partial charge in [-0.1, -0.05) is 30.3 Å². The molecule has 0 fully saturated rings. The first kappa shape index (κ1) is 17.7. The first-order valence-electron chi connectivity index (χ1n) is 7.33. The van der Waals surface area contributed by atoms with Gasteiger partial charge in [-0.3, -0.25) is 0 Å². The van der Waals surface area contributed by atoms with E-state index in [0.717, 1.165) is 24.6 Å². The summed E-state index contributed by atoms with van der Waals surface area (Å²) in [5, 5.41) is 0. The summed E-state index contributed by atoms with van der Waals surface area (Å²) in [6.07, 6.45) is 1.84. The molecular weight excluding hydrogens is 288 g/mol. The molecular formula is C15H26O3SSi. The molecule has 0 unspecified atom stereocenters. The topological polar surface area (TPSA) is 27.7 Å². The molecule has 5 heteroatoms. The van der Waals surface area contributed by atoms with Gasteiger partial charge in [0.25, 0.3) is 0 Å². The maximum absolute atomic E-state index is 6.02. The van der Waals surface area contributed by atoms with E-state index in [0.29, 0.717) is 19.8 Å². The predicted octanol–water partition coefficient (Wildman–Crippen LogP) is 3.58. The van der Waals surface area contributed by atoms with Crippen LogP contribution in [-0.2, 0) is 19.7 Å². The molecule has 114 valence electrons. The summed E-state index contributed by atoms with van der Waals surface area (Å²) in [5.74, 6) is 0.821. The zero-order chi connectivity index (χ0) is 14.7. The van der Waals surface area contributed by atoms with Gasteiger partial charge in [-0.25, -0.2) is 0 Å². The Morgan fingerprint density at radius 3 is 2.20 bits per heavy atom. The lowest BCUT2D eigenvalue weighted by Crippen LogP contribution is -2.46. The summed E-state index contributed by atoms with van der Waals surface area (Å²) in [6.45, 7) is 5.89. The Morgan fingerprint density at radius 2 is 1.65 bits per heavy atom. The molecule has 0 aliphatic carbocycles. The SMILES string of the molecule is CCO[Si](CCc1ccccc1)(OCC)OCCCS. The highest BCUT2D eigenvalue weighted by molar-refractivity contribution is 7.80. The number of rotatable bonds is 11. The van der Waals surface area contributed by atoms with E-state index in [4.69, 9.17) is 13.3 Å². The first-order chi connectivity index (χ1) is 9.76. The first-order valence-corrected chi connectivity index (χ1v) is 9.89. The fraction of sp³-hybridized carbons (Fsp3) is 0.600. The van der Waals surface area contributed by atoms with Crippen LogP contribution in [0.2, 0.25) is 6.04 Å². The molecule has 0 N–H and O–H groups in total. The molecule has 20 heavy (non-hydrogen) atoms. The van der Waals surface area contributed by atoms with Crippen molar-refractivity contribution in [2.45, 2.75) is 32.7 Å². The van der Waals surface area contributed by atoms with Gasteiger partial charge >= 0.3 is 8.80 Å². The van der Waals surface area contributed by atoms with Gasteiger partial charge in [0.05, 0.1) is 0 Å². The molecule has 0 amide bonds. The summed E-state index contributed by atoms with van der Waals surface area (Å²) in [6, 6.07) is 11.2. The second-order valence-corrected chi connectivity index (χ2v) is 7.64. The normalized spacial score (nSPS) is 11.8. The van der Waals surface area contributed by atoms with Gasteiger partial charge in [0.1, 0.15) is 0 Å². The van der Waals surface area contributed by atoms with Gasteiger partial charge in [-0.15, -0.1) is 0 Å². The third-order valence-electron chi connectivity index (χ3n) is 2.92. The largest absolute Gasteiger partial charge is 0.501 e. The zero-order valence-electron chi connectivity index (χ0n) is 12.5. The van der Waals surface area contributed by atoms with E-state index >= 15 is 0 Å². The van der Waals surface area contributed by atoms with Crippen molar-refractivity contribution in [3.63, 3.8) is 0 Å². The molecule has 0 heterocycles. The molecule has 1 aromatic rings. The number of aryl methyl sites for hydroxylation is 1. The average molecular weight is 315 g/mol. The number of thiol groups is 1. The molecule has 0 saturated carbocycles. The third-order valence-corrected chi connectivity index (χ3v) is 6.20. The molecule has 0 atom stereocenters. The van der Waals surface area contributed by atoms with Gasteiger partial charge < -0.3 is 13.3 Å². The van der Waals surface area contributed by atoms with Gasteiger partial charge in [-0.05, 0) is 38.0 Å². The minimum Gasteiger partial charge on any atom is -0.374 e. The lowest BCUT2D eigenvalue weighted by atomic mass is 10.2. The molecule has 3 nitrogen and oxygen atoms in total. The molecule has 0 aliphatic rings. The Morgan fingerprint density at radius 1 is 1.00 bits per heavy atom. The van der Waals surface area contributed by atoms with Crippen LogP contribution >= 0.6 is 12.6 Å². The maximum atomic E-state index is 6.02. The fourth-order valence-corrected chi connectivity index (χ4v) is 4.76. The van der Waals surface area contributed by atoms with E-state index in [1.54, 1.807) is 0 Å². The van der Waals surface area contributed by atoms with Crippen LogP contribution in [-0.4, -0.2) is 34.4 Å². The van der Waals surface area contributed by atoms with Crippen LogP contribution in [0, 0.1) is 0 Å². The van der Waals surface area contributed by atoms with Gasteiger partial charge in [-0.2, -0.15) is 12.6 Å². The summed E-state index contributed by atoms with van der Waals surface area (Å²) < 4.78 is 17.8. The smallest absolute Gasteiger partial charge is 0.374 e. The summed E-state index contributed by atoms with van der Waals surface area (Å²) in [5.41, 5.74) is 1.29. The highest BCUT2D eigenvalue weighted by Crippen LogP contribution is 2.19. The van der Waals surface area contributed by atoms with Crippen LogP contribution in [0.4, 0.5) is 0 Å². The van der Waals surface area contributed by atoms with E-state index in [9.17, 15) is 0 Å². The van der Waals surface area contributed by atoms with E-state index in [1.165, 1.54) is 5.56 Å². The van der Waals surface area contributed by atoms with E-state index < -0.39 is 8.80 Å². The molecule has 1 rings (SSSR count). The lowest BCUT2D eigenvalue weighted by molar-refractivity contribution is 0.0675. The Kier molecular flexibility index (Phi) is 9.21. The van der Waals surface area contributed by atoms with Crippen molar-refractivity contribution in [2.24, 2.45) is 0 Å². The van der Waals surface area contributed by atoms with Crippen molar-refractivity contribution in [3.05, 3.63) is 35.9 Å². The summed E-state index contributed by atoms with van der Waals surface area (Å²) in [7, 11) is -2.55. The third kappa shape index (κ3) is 6.41. The van der Waals surface area contributed by atoms with Crippen LogP contribution in [0.5, 0.6) is 0 Å². The van der Waals surface area contributed by atoms with Crippen molar-refractivity contribution in [3.8, 4) is 0 Å². The highest BCUT2D eigenvalue weighted by Gasteiger charge is 2.40. The minimum atomic E-state index is -2.55. The number of hydrogen-bond donors (Lipinski definition) is 1. The molecule has 0 bridgehead atoms. The molecule has 0 aliphatic heterocycles. The molecule has 1 aromatic carbocycles. The van der Waals surface area contributed by atoms with Crippen molar-refractivity contribution in [1.82, 2.24) is 0 Å². The molecule has 0 radical (unpaired) electrons. The Labute approximate surface area is 129 Å². The Bertz CT molecular complexity index is 342. The minimum absolute atomic E-state index is 0.627. The van der Waals surface area contributed by atoms with Gasteiger partial charge in [0.15, 0.2) is 0 Å². The molecule has 0 saturated heterocycles. The number of benzene rings is 1. The van der Waals surface area contributed by atoms with Crippen molar-refractivity contribution in [2.75, 3.05) is 25.6 Å². The van der Waals surface area contributed by atoms with Crippen LogP contribution in [0.25, 0.3) is 0 Å². The second kappa shape index (κ2) is 10.4. The zero-order valence-corrected chi connectivity index (χ0v) is 14.4. The Hall–Kier alpha value is -0.333. The van der Waals surface area contributed by atoms with E-state index in [2.05, 4.69) is 36.9 Å². The van der Waals surface area contributed by atoms with Gasteiger partial charge in [0, 0.05) is 25.9 Å². The summed E-state index contributed by atoms with van der Waals surface area (Å²) >= 11 is 4.22. The highest BCUT2D eigenvalue weighted by atomic mass is 32.1. The standard InChI is InChI=1S/C15H26O3SSi/c1-3-16-20(17-4-2,18-12-8-13-19)14-11-15-9-6-5-7-10-15/h5-7,9-10,19H,3-4,8,11-14H2,1-2H3. The van der Waals surface area contributed by atoms with Gasteiger partial charge in [0.2, 0.25) is 0 Å². The van der Waals surface area contributed by atoms with Crippen LogP contribution in [0.15, 0.2) is 30.3 Å². The maximum Gasteiger partial charge on any atom is 0.501 e. The lowest BCUT2D eigenvalue weighted by Gasteiger charge is -2.29. The average Bonchev–Trinajstić information content (AvgIpc) is 2.47. The summed E-state index contributed by atoms with van der Waals surface area (Å²) in [4.78, 5) is 0. The van der Waals surface area contributed by atoms with E-state index in [1.807, 2.05) is 19.9 Å². The monoisotopic (exact) mass is 314 g/mol. The second-order valence-electron chi connectivity index (χ2n) is 4.46. The Balaban J connectivity index is 2.63.